The number of primary amides is 1. The third-order valence-corrected chi connectivity index (χ3v) is 5.22. The largest absolute Gasteiger partial charge is 0.494 e. The van der Waals surface area contributed by atoms with Gasteiger partial charge in [-0.2, -0.15) is 0 Å². The second kappa shape index (κ2) is 9.40. The summed E-state index contributed by atoms with van der Waals surface area (Å²) in [4.78, 5) is 25.8. The lowest BCUT2D eigenvalue weighted by Gasteiger charge is -2.32. The van der Waals surface area contributed by atoms with Crippen LogP contribution in [0.3, 0.4) is 0 Å². The van der Waals surface area contributed by atoms with E-state index in [-0.39, 0.29) is 11.8 Å². The van der Waals surface area contributed by atoms with Crippen molar-refractivity contribution < 1.29 is 14.3 Å². The molecule has 2 amide bonds. The van der Waals surface area contributed by atoms with Gasteiger partial charge in [0.2, 0.25) is 5.91 Å². The second-order valence-corrected chi connectivity index (χ2v) is 7.30. The Morgan fingerprint density at radius 1 is 1.14 bits per heavy atom. The molecule has 0 aliphatic carbocycles. The van der Waals surface area contributed by atoms with Crippen LogP contribution < -0.4 is 10.5 Å². The first-order valence-electron chi connectivity index (χ1n) is 9.97. The van der Waals surface area contributed by atoms with E-state index in [0.717, 1.165) is 42.7 Å². The average Bonchev–Trinajstić information content (AvgIpc) is 2.72. The number of nitrogens with zero attached hydrogens (tertiary/aromatic N) is 1. The van der Waals surface area contributed by atoms with Crippen molar-refractivity contribution in [3.05, 3.63) is 54.1 Å². The van der Waals surface area contributed by atoms with Gasteiger partial charge in [-0.25, -0.2) is 0 Å². The zero-order valence-corrected chi connectivity index (χ0v) is 16.4. The molecule has 1 saturated heterocycles. The molecular formula is C23H28N2O3. The zero-order valence-electron chi connectivity index (χ0n) is 16.4. The minimum absolute atomic E-state index is 0.0541. The van der Waals surface area contributed by atoms with E-state index in [1.54, 1.807) is 0 Å². The van der Waals surface area contributed by atoms with Gasteiger partial charge < -0.3 is 15.4 Å². The fraction of sp³-hybridized carbons (Fsp3) is 0.391. The number of carbonyl (C=O) groups is 2. The third-order valence-electron chi connectivity index (χ3n) is 5.22. The van der Waals surface area contributed by atoms with Gasteiger partial charge in [0.25, 0.3) is 5.91 Å². The summed E-state index contributed by atoms with van der Waals surface area (Å²) in [5.41, 5.74) is 8.07. The van der Waals surface area contributed by atoms with Crippen molar-refractivity contribution in [1.82, 2.24) is 4.90 Å². The van der Waals surface area contributed by atoms with Gasteiger partial charge in [-0.1, -0.05) is 24.3 Å². The Bertz CT molecular complexity index is 817. The SMILES string of the molecule is CCOc1cccc(-c2ccc(C(=O)N3CCC[C@@H](CCC(N)=O)C3)cc2)c1. The van der Waals surface area contributed by atoms with Gasteiger partial charge in [0.1, 0.15) is 5.75 Å². The second-order valence-electron chi connectivity index (χ2n) is 7.30. The summed E-state index contributed by atoms with van der Waals surface area (Å²) in [6.45, 7) is 4.06. The Morgan fingerprint density at radius 2 is 1.93 bits per heavy atom. The van der Waals surface area contributed by atoms with Crippen LogP contribution in [-0.4, -0.2) is 36.4 Å². The van der Waals surface area contributed by atoms with E-state index in [1.165, 1.54) is 0 Å². The van der Waals surface area contributed by atoms with E-state index in [0.29, 0.717) is 31.1 Å². The third kappa shape index (κ3) is 5.12. The number of likely N-dealkylation sites (tertiary alicyclic amines) is 1. The molecule has 2 aromatic carbocycles. The highest BCUT2D eigenvalue weighted by Crippen LogP contribution is 2.26. The van der Waals surface area contributed by atoms with E-state index >= 15 is 0 Å². The normalized spacial score (nSPS) is 16.6. The van der Waals surface area contributed by atoms with Crippen LogP contribution >= 0.6 is 0 Å². The van der Waals surface area contributed by atoms with Crippen molar-refractivity contribution in [3.63, 3.8) is 0 Å². The number of nitrogens with two attached hydrogens (primary N) is 1. The molecule has 0 spiro atoms. The first-order valence-corrected chi connectivity index (χ1v) is 9.97. The van der Waals surface area contributed by atoms with Gasteiger partial charge in [-0.15, -0.1) is 0 Å². The van der Waals surface area contributed by atoms with Gasteiger partial charge >= 0.3 is 0 Å². The average molecular weight is 380 g/mol. The van der Waals surface area contributed by atoms with Crippen molar-refractivity contribution in [3.8, 4) is 16.9 Å². The maximum absolute atomic E-state index is 12.9. The van der Waals surface area contributed by atoms with Crippen LogP contribution in [0.5, 0.6) is 5.75 Å². The topological polar surface area (TPSA) is 72.6 Å². The minimum Gasteiger partial charge on any atom is -0.494 e. The van der Waals surface area contributed by atoms with E-state index in [9.17, 15) is 9.59 Å². The van der Waals surface area contributed by atoms with Crippen LogP contribution in [0.15, 0.2) is 48.5 Å². The van der Waals surface area contributed by atoms with E-state index in [2.05, 4.69) is 0 Å². The smallest absolute Gasteiger partial charge is 0.253 e. The highest BCUT2D eigenvalue weighted by Gasteiger charge is 2.24. The van der Waals surface area contributed by atoms with Crippen LogP contribution in [0.25, 0.3) is 11.1 Å². The molecule has 1 fully saturated rings. The molecular weight excluding hydrogens is 352 g/mol. The maximum Gasteiger partial charge on any atom is 0.253 e. The maximum atomic E-state index is 12.9. The lowest BCUT2D eigenvalue weighted by atomic mass is 9.92. The standard InChI is InChI=1S/C23H28N2O3/c1-2-28-21-7-3-6-20(15-21)18-9-11-19(12-10-18)23(27)25-14-4-5-17(16-25)8-13-22(24)26/h3,6-7,9-12,15,17H,2,4-5,8,13-14,16H2,1H3,(H2,24,26)/t17-/m0/s1. The number of hydrogen-bond acceptors (Lipinski definition) is 3. The fourth-order valence-electron chi connectivity index (χ4n) is 3.75. The van der Waals surface area contributed by atoms with Crippen molar-refractivity contribution in [2.75, 3.05) is 19.7 Å². The molecule has 5 nitrogen and oxygen atoms in total. The molecule has 148 valence electrons. The molecule has 0 unspecified atom stereocenters. The lowest BCUT2D eigenvalue weighted by molar-refractivity contribution is -0.118. The molecule has 1 heterocycles. The molecule has 5 heteroatoms. The molecule has 0 bridgehead atoms. The Kier molecular flexibility index (Phi) is 6.69. The number of piperidine rings is 1. The summed E-state index contributed by atoms with van der Waals surface area (Å²) in [5, 5.41) is 0. The van der Waals surface area contributed by atoms with E-state index < -0.39 is 0 Å². The van der Waals surface area contributed by atoms with Crippen LogP contribution in [-0.2, 0) is 4.79 Å². The number of ether oxygens (including phenoxy) is 1. The predicted molar refractivity (Wildman–Crippen MR) is 110 cm³/mol. The molecule has 2 aromatic rings. The van der Waals surface area contributed by atoms with E-state index in [1.807, 2.05) is 60.4 Å². The summed E-state index contributed by atoms with van der Waals surface area (Å²) in [6.07, 6.45) is 3.17. The molecule has 0 radical (unpaired) electrons. The van der Waals surface area contributed by atoms with Crippen LogP contribution in [0.4, 0.5) is 0 Å². The minimum atomic E-state index is -0.271. The van der Waals surface area contributed by atoms with Crippen molar-refractivity contribution in [2.24, 2.45) is 11.7 Å². The number of carbonyl (C=O) groups excluding carboxylic acids is 2. The molecule has 0 saturated carbocycles. The summed E-state index contributed by atoms with van der Waals surface area (Å²) in [7, 11) is 0. The molecule has 1 aliphatic rings. The molecule has 2 N–H and O–H groups in total. The van der Waals surface area contributed by atoms with Crippen LogP contribution in [0.2, 0.25) is 0 Å². The number of benzene rings is 2. The Hall–Kier alpha value is -2.82. The summed E-state index contributed by atoms with van der Waals surface area (Å²) in [6, 6.07) is 15.7. The lowest BCUT2D eigenvalue weighted by Crippen LogP contribution is -2.40. The summed E-state index contributed by atoms with van der Waals surface area (Å²) >= 11 is 0. The van der Waals surface area contributed by atoms with Gasteiger partial charge in [-0.3, -0.25) is 9.59 Å². The molecule has 3 rings (SSSR count). The molecule has 28 heavy (non-hydrogen) atoms. The van der Waals surface area contributed by atoms with Crippen LogP contribution in [0.1, 0.15) is 43.0 Å². The highest BCUT2D eigenvalue weighted by molar-refractivity contribution is 5.94. The first-order chi connectivity index (χ1) is 13.6. The number of hydrogen-bond donors (Lipinski definition) is 1. The quantitative estimate of drug-likeness (QED) is 0.792. The predicted octanol–water partition coefficient (Wildman–Crippen LogP) is 3.87. The van der Waals surface area contributed by atoms with Crippen molar-refractivity contribution in [2.45, 2.75) is 32.6 Å². The Morgan fingerprint density at radius 3 is 2.64 bits per heavy atom. The summed E-state index contributed by atoms with van der Waals surface area (Å²) in [5.74, 6) is 0.979. The Balaban J connectivity index is 1.66. The first kappa shape index (κ1) is 19.9. The molecule has 0 aromatic heterocycles. The van der Waals surface area contributed by atoms with Gasteiger partial charge in [-0.05, 0) is 67.5 Å². The van der Waals surface area contributed by atoms with Crippen LogP contribution in [0, 0.1) is 5.92 Å². The fourth-order valence-corrected chi connectivity index (χ4v) is 3.75. The van der Waals surface area contributed by atoms with Gasteiger partial charge in [0, 0.05) is 25.1 Å². The Labute approximate surface area is 166 Å². The van der Waals surface area contributed by atoms with Gasteiger partial charge in [0.05, 0.1) is 6.61 Å². The zero-order chi connectivity index (χ0) is 19.9. The highest BCUT2D eigenvalue weighted by atomic mass is 16.5. The van der Waals surface area contributed by atoms with E-state index in [4.69, 9.17) is 10.5 Å². The monoisotopic (exact) mass is 380 g/mol. The number of rotatable bonds is 7. The number of amides is 2. The molecule has 1 aliphatic heterocycles. The van der Waals surface area contributed by atoms with Crippen molar-refractivity contribution >= 4 is 11.8 Å². The molecule has 1 atom stereocenters. The van der Waals surface area contributed by atoms with Crippen molar-refractivity contribution in [1.29, 1.82) is 0 Å². The summed E-state index contributed by atoms with van der Waals surface area (Å²) < 4.78 is 5.56. The van der Waals surface area contributed by atoms with Gasteiger partial charge in [0.15, 0.2) is 0 Å².